The molecule has 0 spiro atoms. The van der Waals surface area contributed by atoms with E-state index in [1.165, 1.54) is 11.4 Å². The summed E-state index contributed by atoms with van der Waals surface area (Å²) in [5.41, 5.74) is 3.62. The largest absolute Gasteiger partial charge is 0.478 e. The van der Waals surface area contributed by atoms with Crippen molar-refractivity contribution in [1.82, 2.24) is 15.0 Å². The summed E-state index contributed by atoms with van der Waals surface area (Å²) in [6.07, 6.45) is -3.26. The van der Waals surface area contributed by atoms with Gasteiger partial charge in [0.15, 0.2) is 15.5 Å². The number of hydrogen-bond acceptors (Lipinski definition) is 10. The molecule has 4 rings (SSSR count). The molecule has 3 aromatic rings. The number of nitrogens with two attached hydrogens (primary N) is 1. The molecule has 1 aliphatic heterocycles. The zero-order valence-corrected chi connectivity index (χ0v) is 23.1. The van der Waals surface area contributed by atoms with Crippen LogP contribution >= 0.6 is 11.3 Å². The van der Waals surface area contributed by atoms with Crippen molar-refractivity contribution in [1.29, 1.82) is 0 Å². The Morgan fingerprint density at radius 3 is 2.45 bits per heavy atom. The minimum absolute atomic E-state index is 0.00121. The Morgan fingerprint density at radius 2 is 1.90 bits per heavy atom. The van der Waals surface area contributed by atoms with Crippen LogP contribution in [-0.2, 0) is 16.0 Å². The number of amides is 1. The van der Waals surface area contributed by atoms with E-state index >= 15 is 0 Å². The van der Waals surface area contributed by atoms with Gasteiger partial charge in [-0.05, 0) is 24.1 Å². The van der Waals surface area contributed by atoms with Gasteiger partial charge in [-0.1, -0.05) is 13.8 Å². The SMILES string of the molecule is CC(C)C1CN(c2ccc(-c3nc(C(N)=O)cs3)c(S(C)(=O)=O)c2)CCN1c1ncc(C(=O)O)c(C(F)(F)F)n1. The number of nitrogens with zero attached hydrogens (tertiary/aromatic N) is 5. The van der Waals surface area contributed by atoms with Crippen LogP contribution in [0.3, 0.4) is 0 Å². The number of primary amides is 1. The highest BCUT2D eigenvalue weighted by atomic mass is 32.2. The number of halogens is 3. The maximum Gasteiger partial charge on any atom is 0.434 e. The van der Waals surface area contributed by atoms with Crippen LogP contribution in [0.25, 0.3) is 10.6 Å². The van der Waals surface area contributed by atoms with Crippen molar-refractivity contribution in [2.45, 2.75) is 31.0 Å². The number of thiazole rings is 1. The van der Waals surface area contributed by atoms with Crippen molar-refractivity contribution in [2.24, 2.45) is 11.7 Å². The lowest BCUT2D eigenvalue weighted by Gasteiger charge is -2.44. The van der Waals surface area contributed by atoms with Crippen LogP contribution in [0.15, 0.2) is 34.7 Å². The van der Waals surface area contributed by atoms with Crippen LogP contribution < -0.4 is 15.5 Å². The van der Waals surface area contributed by atoms with Crippen molar-refractivity contribution in [3.63, 3.8) is 0 Å². The zero-order valence-electron chi connectivity index (χ0n) is 21.5. The third-order valence-electron chi connectivity index (χ3n) is 6.44. The number of carboxylic acids is 1. The quantitative estimate of drug-likeness (QED) is 0.414. The van der Waals surface area contributed by atoms with E-state index in [-0.39, 0.29) is 35.0 Å². The molecular formula is C24H25F3N6O5S2. The van der Waals surface area contributed by atoms with Crippen LogP contribution in [-0.4, -0.2) is 72.3 Å². The van der Waals surface area contributed by atoms with Gasteiger partial charge in [-0.15, -0.1) is 11.3 Å². The van der Waals surface area contributed by atoms with Gasteiger partial charge in [0.1, 0.15) is 16.3 Å². The van der Waals surface area contributed by atoms with Gasteiger partial charge in [-0.25, -0.2) is 28.2 Å². The maximum absolute atomic E-state index is 13.6. The lowest BCUT2D eigenvalue weighted by Crippen LogP contribution is -2.56. The highest BCUT2D eigenvalue weighted by Gasteiger charge is 2.40. The van der Waals surface area contributed by atoms with Crippen molar-refractivity contribution >= 4 is 44.7 Å². The molecule has 1 atom stereocenters. The average Bonchev–Trinajstić information content (AvgIpc) is 3.37. The van der Waals surface area contributed by atoms with Gasteiger partial charge in [-0.2, -0.15) is 13.2 Å². The number of hydrogen-bond donors (Lipinski definition) is 2. The summed E-state index contributed by atoms with van der Waals surface area (Å²) in [6, 6.07) is 4.42. The number of aromatic nitrogens is 3. The summed E-state index contributed by atoms with van der Waals surface area (Å²) >= 11 is 1.08. The first-order chi connectivity index (χ1) is 18.6. The lowest BCUT2D eigenvalue weighted by molar-refractivity contribution is -0.141. The Bertz CT molecular complexity index is 1580. The number of carboxylic acid groups (broad SMARTS) is 1. The second-order valence-electron chi connectivity index (χ2n) is 9.54. The van der Waals surface area contributed by atoms with Crippen LogP contribution in [0.5, 0.6) is 0 Å². The van der Waals surface area contributed by atoms with Gasteiger partial charge in [0, 0.05) is 48.7 Å². The number of rotatable bonds is 7. The Hall–Kier alpha value is -3.79. The summed E-state index contributed by atoms with van der Waals surface area (Å²) in [4.78, 5) is 38.0. The molecule has 3 N–H and O–H groups in total. The van der Waals surface area contributed by atoms with Crippen LogP contribution in [0.1, 0.15) is 40.4 Å². The second-order valence-corrected chi connectivity index (χ2v) is 12.4. The number of carbonyl (C=O) groups is 2. The van der Waals surface area contributed by atoms with Gasteiger partial charge < -0.3 is 20.6 Å². The van der Waals surface area contributed by atoms with Gasteiger partial charge in [0.2, 0.25) is 5.95 Å². The third-order valence-corrected chi connectivity index (χ3v) is 8.45. The summed E-state index contributed by atoms with van der Waals surface area (Å²) in [5, 5.41) is 10.9. The van der Waals surface area contributed by atoms with Crippen LogP contribution in [0.4, 0.5) is 24.8 Å². The second kappa shape index (κ2) is 10.6. The first-order valence-corrected chi connectivity index (χ1v) is 14.6. The average molecular weight is 599 g/mol. The fourth-order valence-electron chi connectivity index (χ4n) is 4.45. The number of sulfone groups is 1. The molecule has 0 saturated carbocycles. The minimum Gasteiger partial charge on any atom is -0.478 e. The van der Waals surface area contributed by atoms with Gasteiger partial charge >= 0.3 is 12.1 Å². The van der Waals surface area contributed by atoms with Crippen molar-refractivity contribution in [2.75, 3.05) is 35.7 Å². The normalized spacial score (nSPS) is 16.4. The summed E-state index contributed by atoms with van der Waals surface area (Å²) in [7, 11) is -3.73. The lowest BCUT2D eigenvalue weighted by atomic mass is 9.99. The number of alkyl halides is 3. The Balaban J connectivity index is 1.68. The monoisotopic (exact) mass is 598 g/mol. The topological polar surface area (TPSA) is 160 Å². The molecule has 2 aromatic heterocycles. The summed E-state index contributed by atoms with van der Waals surface area (Å²) in [5.74, 6) is -2.84. The Labute approximate surface area is 231 Å². The van der Waals surface area contributed by atoms with E-state index in [1.54, 1.807) is 17.0 Å². The molecular weight excluding hydrogens is 573 g/mol. The van der Waals surface area contributed by atoms with E-state index in [9.17, 15) is 31.2 Å². The number of aromatic carboxylic acids is 1. The van der Waals surface area contributed by atoms with Gasteiger partial charge in [0.05, 0.1) is 10.9 Å². The van der Waals surface area contributed by atoms with E-state index in [0.29, 0.717) is 35.5 Å². The van der Waals surface area contributed by atoms with Crippen molar-refractivity contribution in [3.05, 3.63) is 46.7 Å². The van der Waals surface area contributed by atoms with Gasteiger partial charge in [0.25, 0.3) is 5.91 Å². The highest BCUT2D eigenvalue weighted by Crippen LogP contribution is 2.36. The maximum atomic E-state index is 13.6. The first kappa shape index (κ1) is 29.2. The minimum atomic E-state index is -4.99. The number of piperazine rings is 1. The smallest absolute Gasteiger partial charge is 0.434 e. The van der Waals surface area contributed by atoms with E-state index in [0.717, 1.165) is 17.6 Å². The van der Waals surface area contributed by atoms with Crippen LogP contribution in [0.2, 0.25) is 0 Å². The van der Waals surface area contributed by atoms with Crippen molar-refractivity contribution in [3.8, 4) is 10.6 Å². The molecule has 1 fully saturated rings. The molecule has 0 bridgehead atoms. The predicted molar refractivity (Wildman–Crippen MR) is 141 cm³/mol. The third kappa shape index (κ3) is 5.86. The molecule has 214 valence electrons. The van der Waals surface area contributed by atoms with E-state index < -0.39 is 39.1 Å². The molecule has 0 aliphatic carbocycles. The molecule has 1 saturated heterocycles. The number of anilines is 2. The number of carbonyl (C=O) groups excluding carboxylic acids is 1. The molecule has 40 heavy (non-hydrogen) atoms. The van der Waals surface area contributed by atoms with E-state index in [4.69, 9.17) is 10.8 Å². The van der Waals surface area contributed by atoms with Crippen LogP contribution in [0, 0.1) is 5.92 Å². The predicted octanol–water partition coefficient (Wildman–Crippen LogP) is 3.17. The van der Waals surface area contributed by atoms with Gasteiger partial charge in [-0.3, -0.25) is 4.79 Å². The van der Waals surface area contributed by atoms with E-state index in [1.807, 2.05) is 18.7 Å². The fraction of sp³-hybridized carbons (Fsp3) is 0.375. The molecule has 3 heterocycles. The van der Waals surface area contributed by atoms with Crippen molar-refractivity contribution < 1.29 is 36.3 Å². The Kier molecular flexibility index (Phi) is 7.77. The molecule has 1 unspecified atom stereocenters. The van der Waals surface area contributed by atoms with E-state index in [2.05, 4.69) is 15.0 Å². The molecule has 11 nitrogen and oxygen atoms in total. The summed E-state index contributed by atoms with van der Waals surface area (Å²) in [6.45, 7) is 4.54. The Morgan fingerprint density at radius 1 is 1.20 bits per heavy atom. The highest BCUT2D eigenvalue weighted by molar-refractivity contribution is 7.90. The fourth-order valence-corrected chi connectivity index (χ4v) is 6.26. The molecule has 1 aliphatic rings. The zero-order chi connectivity index (χ0) is 29.6. The molecule has 1 aromatic carbocycles. The summed E-state index contributed by atoms with van der Waals surface area (Å²) < 4.78 is 66.1. The standard InChI is InChI=1S/C24H25F3N6O5S2/c1-12(2)17-10-32(6-7-33(17)23-29-9-15(22(35)36)19(31-23)24(25,26)27)13-4-5-14(18(8-13)40(3,37)38)21-30-16(11-39-21)20(28)34/h4-5,8-9,11-12,17H,6-7,10H2,1-3H3,(H2,28,34)(H,35,36). The first-order valence-electron chi connectivity index (χ1n) is 11.9. The number of benzene rings is 1. The molecule has 1 amide bonds. The molecule has 0 radical (unpaired) electrons. The molecule has 16 heteroatoms.